The lowest BCUT2D eigenvalue weighted by Crippen LogP contribution is -2.48. The molecule has 3 rings (SSSR count). The van der Waals surface area contributed by atoms with Gasteiger partial charge in [-0.25, -0.2) is 4.98 Å². The molecule has 1 aliphatic heterocycles. The zero-order valence-electron chi connectivity index (χ0n) is 12.5. The van der Waals surface area contributed by atoms with Crippen LogP contribution in [0.25, 0.3) is 11.1 Å². The lowest BCUT2D eigenvalue weighted by molar-refractivity contribution is 0.000326. The van der Waals surface area contributed by atoms with Crippen molar-refractivity contribution < 1.29 is 14.4 Å². The van der Waals surface area contributed by atoms with Crippen LogP contribution >= 0.6 is 0 Å². The molecule has 0 radical (unpaired) electrons. The summed E-state index contributed by atoms with van der Waals surface area (Å²) in [6.07, 6.45) is 3.23. The first-order valence-electron chi connectivity index (χ1n) is 7.13. The van der Waals surface area contributed by atoms with Crippen LogP contribution in [0.2, 0.25) is 0 Å². The molecule has 1 saturated heterocycles. The molecular weight excluding hydrogens is 270 g/mol. The number of nitrogens with zero attached hydrogens (tertiary/aromatic N) is 3. The van der Waals surface area contributed by atoms with Crippen LogP contribution in [0.4, 0.5) is 0 Å². The average Bonchev–Trinajstić information content (AvgIpc) is 3.04. The number of hydrogen-bond donors (Lipinski definition) is 1. The van der Waals surface area contributed by atoms with E-state index in [-0.39, 0.29) is 11.9 Å². The molecule has 3 heterocycles. The van der Waals surface area contributed by atoms with E-state index in [0.29, 0.717) is 23.5 Å². The quantitative estimate of drug-likeness (QED) is 0.913. The van der Waals surface area contributed by atoms with Gasteiger partial charge in [0.2, 0.25) is 0 Å². The number of fused-ring (bicyclic) bond motifs is 1. The van der Waals surface area contributed by atoms with Crippen molar-refractivity contribution in [3.8, 4) is 0 Å². The molecule has 1 unspecified atom stereocenters. The van der Waals surface area contributed by atoms with Gasteiger partial charge in [0.25, 0.3) is 11.6 Å². The first kappa shape index (κ1) is 14.0. The number of aryl methyl sites for hydroxylation is 1. The molecule has 1 fully saturated rings. The standard InChI is InChI=1S/C15H19N3O3/c1-9-11-7-10(8-16-13(11)21-17-9)14(19)18-6-4-5-12(18)15(2,3)20/h7-8,12,20H,4-6H2,1-3H3. The van der Waals surface area contributed by atoms with E-state index < -0.39 is 5.60 Å². The monoisotopic (exact) mass is 289 g/mol. The SMILES string of the molecule is Cc1noc2ncc(C(=O)N3CCCC3C(C)(C)O)cc12. The Kier molecular flexibility index (Phi) is 3.20. The van der Waals surface area contributed by atoms with Gasteiger partial charge in [-0.3, -0.25) is 4.79 Å². The van der Waals surface area contributed by atoms with Crippen molar-refractivity contribution in [2.75, 3.05) is 6.54 Å². The molecule has 112 valence electrons. The Bertz CT molecular complexity index is 687. The second-order valence-electron chi connectivity index (χ2n) is 6.15. The van der Waals surface area contributed by atoms with Gasteiger partial charge in [-0.05, 0) is 39.7 Å². The lowest BCUT2D eigenvalue weighted by atomic mass is 9.96. The van der Waals surface area contributed by atoms with Gasteiger partial charge in [0.05, 0.1) is 28.3 Å². The van der Waals surface area contributed by atoms with Gasteiger partial charge in [-0.2, -0.15) is 0 Å². The van der Waals surface area contributed by atoms with Gasteiger partial charge < -0.3 is 14.5 Å². The Balaban J connectivity index is 1.94. The number of likely N-dealkylation sites (tertiary alicyclic amines) is 1. The molecule has 1 N–H and O–H groups in total. The van der Waals surface area contributed by atoms with Crippen LogP contribution in [0.5, 0.6) is 0 Å². The summed E-state index contributed by atoms with van der Waals surface area (Å²) < 4.78 is 5.06. The topological polar surface area (TPSA) is 79.5 Å². The minimum Gasteiger partial charge on any atom is -0.388 e. The third kappa shape index (κ3) is 2.40. The van der Waals surface area contributed by atoms with Crippen molar-refractivity contribution in [3.05, 3.63) is 23.5 Å². The molecule has 0 aliphatic carbocycles. The summed E-state index contributed by atoms with van der Waals surface area (Å²) in [5.41, 5.74) is 0.749. The third-order valence-electron chi connectivity index (χ3n) is 4.09. The summed E-state index contributed by atoms with van der Waals surface area (Å²) in [4.78, 5) is 18.6. The number of aromatic nitrogens is 2. The first-order valence-corrected chi connectivity index (χ1v) is 7.13. The average molecular weight is 289 g/mol. The van der Waals surface area contributed by atoms with Crippen LogP contribution in [-0.2, 0) is 0 Å². The molecule has 0 saturated carbocycles. The second kappa shape index (κ2) is 4.80. The Hall–Kier alpha value is -1.95. The van der Waals surface area contributed by atoms with Crippen molar-refractivity contribution in [1.29, 1.82) is 0 Å². The van der Waals surface area contributed by atoms with E-state index in [1.54, 1.807) is 24.8 Å². The van der Waals surface area contributed by atoms with E-state index in [0.717, 1.165) is 18.2 Å². The molecule has 6 nitrogen and oxygen atoms in total. The van der Waals surface area contributed by atoms with E-state index in [1.807, 2.05) is 6.92 Å². The largest absolute Gasteiger partial charge is 0.388 e. The van der Waals surface area contributed by atoms with Crippen LogP contribution in [0.15, 0.2) is 16.8 Å². The zero-order chi connectivity index (χ0) is 15.2. The van der Waals surface area contributed by atoms with E-state index >= 15 is 0 Å². The smallest absolute Gasteiger partial charge is 0.257 e. The lowest BCUT2D eigenvalue weighted by Gasteiger charge is -2.33. The molecule has 2 aromatic heterocycles. The van der Waals surface area contributed by atoms with Crippen molar-refractivity contribution in [2.24, 2.45) is 0 Å². The predicted molar refractivity (Wildman–Crippen MR) is 76.9 cm³/mol. The van der Waals surface area contributed by atoms with Crippen LogP contribution in [0.3, 0.4) is 0 Å². The van der Waals surface area contributed by atoms with Crippen LogP contribution < -0.4 is 0 Å². The van der Waals surface area contributed by atoms with Gasteiger partial charge >= 0.3 is 0 Å². The molecule has 6 heteroatoms. The van der Waals surface area contributed by atoms with Gasteiger partial charge in [0.1, 0.15) is 0 Å². The molecule has 0 bridgehead atoms. The number of aliphatic hydroxyl groups is 1. The Morgan fingerprint density at radius 2 is 2.29 bits per heavy atom. The predicted octanol–water partition coefficient (Wildman–Crippen LogP) is 1.91. The minimum absolute atomic E-state index is 0.102. The molecule has 0 spiro atoms. The highest BCUT2D eigenvalue weighted by molar-refractivity contribution is 5.97. The fourth-order valence-corrected chi connectivity index (χ4v) is 2.97. The molecule has 1 amide bonds. The van der Waals surface area contributed by atoms with Crippen LogP contribution in [0.1, 0.15) is 42.7 Å². The number of rotatable bonds is 2. The Morgan fingerprint density at radius 1 is 1.52 bits per heavy atom. The summed E-state index contributed by atoms with van der Waals surface area (Å²) in [7, 11) is 0. The maximum absolute atomic E-state index is 12.7. The number of hydrogen-bond acceptors (Lipinski definition) is 5. The second-order valence-corrected chi connectivity index (χ2v) is 6.15. The fourth-order valence-electron chi connectivity index (χ4n) is 2.97. The molecule has 1 aliphatic rings. The summed E-state index contributed by atoms with van der Waals surface area (Å²) in [6.45, 7) is 5.97. The van der Waals surface area contributed by atoms with Crippen LogP contribution in [-0.4, -0.2) is 44.2 Å². The third-order valence-corrected chi connectivity index (χ3v) is 4.09. The van der Waals surface area contributed by atoms with Crippen molar-refractivity contribution in [1.82, 2.24) is 15.0 Å². The van der Waals surface area contributed by atoms with E-state index in [9.17, 15) is 9.90 Å². The van der Waals surface area contributed by atoms with E-state index in [4.69, 9.17) is 4.52 Å². The van der Waals surface area contributed by atoms with Gasteiger partial charge in [-0.1, -0.05) is 5.16 Å². The molecule has 21 heavy (non-hydrogen) atoms. The Labute approximate surface area is 122 Å². The minimum atomic E-state index is -0.906. The maximum atomic E-state index is 12.7. The summed E-state index contributed by atoms with van der Waals surface area (Å²) in [6, 6.07) is 1.60. The molecule has 2 aromatic rings. The number of amides is 1. The van der Waals surface area contributed by atoms with Gasteiger partial charge in [0, 0.05) is 12.7 Å². The normalized spacial score (nSPS) is 19.4. The molecule has 1 atom stereocenters. The summed E-state index contributed by atoms with van der Waals surface area (Å²) in [5.74, 6) is -0.102. The summed E-state index contributed by atoms with van der Waals surface area (Å²) >= 11 is 0. The fraction of sp³-hybridized carbons (Fsp3) is 0.533. The Morgan fingerprint density at radius 3 is 3.00 bits per heavy atom. The highest BCUT2D eigenvalue weighted by atomic mass is 16.5. The number of carbonyl (C=O) groups excluding carboxylic acids is 1. The van der Waals surface area contributed by atoms with Crippen LogP contribution in [0, 0.1) is 6.92 Å². The van der Waals surface area contributed by atoms with E-state index in [1.165, 1.54) is 6.20 Å². The molecular formula is C15H19N3O3. The highest BCUT2D eigenvalue weighted by Crippen LogP contribution is 2.28. The summed E-state index contributed by atoms with van der Waals surface area (Å²) in [5, 5.41) is 14.8. The van der Waals surface area contributed by atoms with Crippen molar-refractivity contribution in [2.45, 2.75) is 45.3 Å². The van der Waals surface area contributed by atoms with Gasteiger partial charge in [-0.15, -0.1) is 0 Å². The zero-order valence-corrected chi connectivity index (χ0v) is 12.5. The maximum Gasteiger partial charge on any atom is 0.257 e. The number of carbonyl (C=O) groups is 1. The van der Waals surface area contributed by atoms with E-state index in [2.05, 4.69) is 10.1 Å². The first-order chi connectivity index (χ1) is 9.88. The van der Waals surface area contributed by atoms with Gasteiger partial charge in [0.15, 0.2) is 0 Å². The molecule has 0 aromatic carbocycles. The highest BCUT2D eigenvalue weighted by Gasteiger charge is 2.38. The number of pyridine rings is 1. The van der Waals surface area contributed by atoms with Crippen molar-refractivity contribution in [3.63, 3.8) is 0 Å². The van der Waals surface area contributed by atoms with Crippen molar-refractivity contribution >= 4 is 17.0 Å².